The highest BCUT2D eigenvalue weighted by Crippen LogP contribution is 2.27. The number of hydrogen-bond acceptors (Lipinski definition) is 9. The van der Waals surface area contributed by atoms with Crippen LogP contribution in [0.5, 0.6) is 0 Å². The summed E-state index contributed by atoms with van der Waals surface area (Å²) in [6.07, 6.45) is 4.89. The minimum absolute atomic E-state index is 0.0834. The van der Waals surface area contributed by atoms with Gasteiger partial charge in [-0.3, -0.25) is 24.1 Å². The number of carboxylic acids is 1. The number of nitrogens with zero attached hydrogens (tertiary/aromatic N) is 4. The maximum atomic E-state index is 13.5. The fraction of sp³-hybridized carbons (Fsp3) is 0.429. The molecule has 3 aromatic heterocycles. The Kier molecular flexibility index (Phi) is 9.18. The molecule has 0 aliphatic carbocycles. The van der Waals surface area contributed by atoms with Crippen molar-refractivity contribution in [2.45, 2.75) is 39.0 Å². The zero-order valence-corrected chi connectivity index (χ0v) is 24.3. The van der Waals surface area contributed by atoms with Crippen LogP contribution in [0.3, 0.4) is 0 Å². The Labute approximate surface area is 241 Å². The monoisotopic (exact) mass is 582 g/mol. The van der Waals surface area contributed by atoms with E-state index in [0.29, 0.717) is 44.2 Å². The number of piperidine rings is 1. The van der Waals surface area contributed by atoms with Gasteiger partial charge in [-0.2, -0.15) is 0 Å². The first-order valence-electron chi connectivity index (χ1n) is 13.2. The lowest BCUT2D eigenvalue weighted by Gasteiger charge is -2.33. The van der Waals surface area contributed by atoms with Gasteiger partial charge in [-0.1, -0.05) is 20.8 Å². The van der Waals surface area contributed by atoms with Crippen LogP contribution in [0.1, 0.15) is 55.2 Å². The van der Waals surface area contributed by atoms with E-state index in [1.54, 1.807) is 7.11 Å². The fourth-order valence-electron chi connectivity index (χ4n) is 4.47. The molecule has 0 saturated carbocycles. The first kappa shape index (κ1) is 29.9. The van der Waals surface area contributed by atoms with Crippen LogP contribution >= 0.6 is 11.3 Å². The van der Waals surface area contributed by atoms with E-state index in [4.69, 9.17) is 9.72 Å². The molecule has 0 spiro atoms. The highest BCUT2D eigenvalue weighted by molar-refractivity contribution is 7.14. The Morgan fingerprint density at radius 1 is 1.27 bits per heavy atom. The minimum atomic E-state index is -1.21. The summed E-state index contributed by atoms with van der Waals surface area (Å²) in [6, 6.07) is 3.00. The van der Waals surface area contributed by atoms with E-state index < -0.39 is 17.4 Å². The van der Waals surface area contributed by atoms with Crippen molar-refractivity contribution >= 4 is 51.8 Å². The summed E-state index contributed by atoms with van der Waals surface area (Å²) in [5.74, 6) is -1.82. The summed E-state index contributed by atoms with van der Waals surface area (Å²) in [5.41, 5.74) is 0.790. The summed E-state index contributed by atoms with van der Waals surface area (Å²) < 4.78 is 6.27. The molecule has 0 radical (unpaired) electrons. The molecule has 1 unspecified atom stereocenters. The topological polar surface area (TPSA) is 155 Å². The number of ether oxygens (including phenoxy) is 1. The van der Waals surface area contributed by atoms with E-state index in [1.807, 2.05) is 31.1 Å². The summed E-state index contributed by atoms with van der Waals surface area (Å²) in [5, 5.41) is 17.2. The number of carbonyl (C=O) groups excluding carboxylic acids is 2. The highest BCUT2D eigenvalue weighted by Gasteiger charge is 2.29. The molecule has 4 rings (SSSR count). The molecule has 12 nitrogen and oxygen atoms in total. The van der Waals surface area contributed by atoms with Crippen LogP contribution in [0.25, 0.3) is 11.7 Å². The van der Waals surface area contributed by atoms with Gasteiger partial charge in [-0.05, 0) is 31.1 Å². The van der Waals surface area contributed by atoms with Gasteiger partial charge in [-0.15, -0.1) is 11.3 Å². The van der Waals surface area contributed by atoms with Crippen molar-refractivity contribution in [2.24, 2.45) is 5.92 Å². The largest absolute Gasteiger partial charge is 0.478 e. The lowest BCUT2D eigenvalue weighted by atomic mass is 9.93. The molecule has 41 heavy (non-hydrogen) atoms. The number of anilines is 2. The SMILES string of the molecule is COCCNC(=O)C1CCCN(c2nc3cc(C(=O)Nc4nc(C(C)(C)C)cs4)ccn3c(=O)c2C=CC(=O)O)C1. The van der Waals surface area contributed by atoms with Crippen LogP contribution in [0, 0.1) is 5.92 Å². The van der Waals surface area contributed by atoms with Crippen LogP contribution in [0.15, 0.2) is 34.6 Å². The lowest BCUT2D eigenvalue weighted by Crippen LogP contribution is -2.44. The minimum Gasteiger partial charge on any atom is -0.478 e. The van der Waals surface area contributed by atoms with Crippen molar-refractivity contribution in [2.75, 3.05) is 43.6 Å². The lowest BCUT2D eigenvalue weighted by molar-refractivity contribution is -0.131. The summed E-state index contributed by atoms with van der Waals surface area (Å²) in [4.78, 5) is 61.6. The number of methoxy groups -OCH3 is 1. The van der Waals surface area contributed by atoms with Crippen LogP contribution in [-0.2, 0) is 19.7 Å². The van der Waals surface area contributed by atoms with Gasteiger partial charge in [0.25, 0.3) is 11.5 Å². The predicted molar refractivity (Wildman–Crippen MR) is 157 cm³/mol. The van der Waals surface area contributed by atoms with Crippen LogP contribution in [0.2, 0.25) is 0 Å². The second kappa shape index (κ2) is 12.6. The molecular formula is C28H34N6O6S. The van der Waals surface area contributed by atoms with Gasteiger partial charge >= 0.3 is 5.97 Å². The molecule has 1 aliphatic rings. The van der Waals surface area contributed by atoms with Gasteiger partial charge in [0.05, 0.1) is 23.8 Å². The molecule has 1 saturated heterocycles. The molecule has 0 bridgehead atoms. The quantitative estimate of drug-likeness (QED) is 0.255. The highest BCUT2D eigenvalue weighted by atomic mass is 32.1. The standard InChI is InChI=1S/C28H34N6O6S/c1-28(2,3)20-16-41-27(30-20)32-25(38)17-9-12-34-21(14-17)31-23(19(26(34)39)7-8-22(35)36)33-11-5-6-18(15-33)24(37)29-10-13-40-4/h7-9,12,14,16,18H,5-6,10-11,13,15H2,1-4H3,(H,29,37)(H,35,36)(H,30,32,38). The number of carboxylic acid groups (broad SMARTS) is 1. The Balaban J connectivity index is 1.67. The van der Waals surface area contributed by atoms with Gasteiger partial charge in [0.2, 0.25) is 5.91 Å². The molecule has 3 N–H and O–H groups in total. The van der Waals surface area contributed by atoms with Crippen molar-refractivity contribution in [3.05, 3.63) is 57.0 Å². The summed E-state index contributed by atoms with van der Waals surface area (Å²) >= 11 is 1.33. The Morgan fingerprint density at radius 2 is 2.05 bits per heavy atom. The maximum absolute atomic E-state index is 13.5. The van der Waals surface area contributed by atoms with E-state index in [1.165, 1.54) is 40.1 Å². The van der Waals surface area contributed by atoms with E-state index in [2.05, 4.69) is 15.6 Å². The molecule has 4 heterocycles. The van der Waals surface area contributed by atoms with Crippen LogP contribution < -0.4 is 21.1 Å². The normalized spacial score (nSPS) is 15.8. The molecular weight excluding hydrogens is 548 g/mol. The van der Waals surface area contributed by atoms with Crippen LogP contribution in [0.4, 0.5) is 10.9 Å². The average Bonchev–Trinajstić information content (AvgIpc) is 3.41. The number of aliphatic carboxylic acids is 1. The number of pyridine rings is 1. The second-order valence-corrected chi connectivity index (χ2v) is 11.6. The number of thiazole rings is 1. The van der Waals surface area contributed by atoms with Gasteiger partial charge in [-0.25, -0.2) is 14.8 Å². The Hall–Kier alpha value is -4.10. The third kappa shape index (κ3) is 7.16. The van der Waals surface area contributed by atoms with E-state index in [-0.39, 0.29) is 39.8 Å². The summed E-state index contributed by atoms with van der Waals surface area (Å²) in [6.45, 7) is 7.72. The number of carbonyl (C=O) groups is 3. The summed E-state index contributed by atoms with van der Waals surface area (Å²) in [7, 11) is 1.56. The number of aromatic nitrogens is 3. The Morgan fingerprint density at radius 3 is 2.73 bits per heavy atom. The Bertz CT molecular complexity index is 1540. The van der Waals surface area contributed by atoms with Gasteiger partial charge in [0.1, 0.15) is 11.5 Å². The third-order valence-electron chi connectivity index (χ3n) is 6.69. The zero-order chi connectivity index (χ0) is 29.7. The average molecular weight is 583 g/mol. The first-order chi connectivity index (χ1) is 19.5. The first-order valence-corrected chi connectivity index (χ1v) is 14.1. The zero-order valence-electron chi connectivity index (χ0n) is 23.5. The molecule has 1 fully saturated rings. The second-order valence-electron chi connectivity index (χ2n) is 10.8. The number of hydrogen-bond donors (Lipinski definition) is 3. The number of amides is 2. The number of nitrogens with one attached hydrogen (secondary N) is 2. The molecule has 13 heteroatoms. The van der Waals surface area contributed by atoms with E-state index in [9.17, 15) is 24.3 Å². The molecule has 218 valence electrons. The third-order valence-corrected chi connectivity index (χ3v) is 7.45. The van der Waals surface area contributed by atoms with Crippen molar-refractivity contribution in [1.82, 2.24) is 19.7 Å². The maximum Gasteiger partial charge on any atom is 0.328 e. The van der Waals surface area contributed by atoms with E-state index >= 15 is 0 Å². The van der Waals surface area contributed by atoms with Crippen molar-refractivity contribution in [1.29, 1.82) is 0 Å². The van der Waals surface area contributed by atoms with Gasteiger partial charge in [0.15, 0.2) is 5.13 Å². The van der Waals surface area contributed by atoms with Gasteiger partial charge in [0, 0.05) is 55.4 Å². The molecule has 1 atom stereocenters. The smallest absolute Gasteiger partial charge is 0.328 e. The number of rotatable bonds is 9. The van der Waals surface area contributed by atoms with Crippen molar-refractivity contribution in [3.8, 4) is 0 Å². The fourth-order valence-corrected chi connectivity index (χ4v) is 5.40. The van der Waals surface area contributed by atoms with E-state index in [0.717, 1.165) is 11.8 Å². The molecule has 1 aliphatic heterocycles. The van der Waals surface area contributed by atoms with Crippen molar-refractivity contribution in [3.63, 3.8) is 0 Å². The van der Waals surface area contributed by atoms with Gasteiger partial charge < -0.3 is 20.1 Å². The number of fused-ring (bicyclic) bond motifs is 1. The predicted octanol–water partition coefficient (Wildman–Crippen LogP) is 2.78. The van der Waals surface area contributed by atoms with Crippen molar-refractivity contribution < 1.29 is 24.2 Å². The van der Waals surface area contributed by atoms with Crippen LogP contribution in [-0.4, -0.2) is 70.6 Å². The molecule has 0 aromatic carbocycles. The molecule has 2 amide bonds. The molecule has 3 aromatic rings.